The Bertz CT molecular complexity index is 217. The molecule has 0 aliphatic carbocycles. The van der Waals surface area contributed by atoms with Gasteiger partial charge in [0.25, 0.3) is 0 Å². The molecule has 1 heterocycles. The molecule has 1 unspecified atom stereocenters. The van der Waals surface area contributed by atoms with Crippen molar-refractivity contribution in [3.63, 3.8) is 0 Å². The van der Waals surface area contributed by atoms with E-state index in [2.05, 4.69) is 5.32 Å². The monoisotopic (exact) mass is 197 g/mol. The summed E-state index contributed by atoms with van der Waals surface area (Å²) in [6, 6.07) is 0. The van der Waals surface area contributed by atoms with E-state index in [1.165, 1.54) is 0 Å². The predicted octanol–water partition coefficient (Wildman–Crippen LogP) is 1.64. The number of carbonyl (C=O) groups excluding carboxylic acids is 1. The number of hydrogen-bond donors (Lipinski definition) is 1. The molecule has 0 aromatic heterocycles. The maximum Gasteiger partial charge on any atom is 0.246 e. The summed E-state index contributed by atoms with van der Waals surface area (Å²) < 4.78 is 5.41. The molecule has 0 bridgehead atoms. The van der Waals surface area contributed by atoms with Gasteiger partial charge in [0.1, 0.15) is 0 Å². The van der Waals surface area contributed by atoms with Crippen LogP contribution < -0.4 is 5.32 Å². The quantitative estimate of drug-likeness (QED) is 0.696. The molecule has 0 spiro atoms. The van der Waals surface area contributed by atoms with Gasteiger partial charge in [-0.05, 0) is 26.2 Å². The Balaban J connectivity index is 2.23. The summed E-state index contributed by atoms with van der Waals surface area (Å²) in [5.41, 5.74) is 0.797. The second-order valence-corrected chi connectivity index (χ2v) is 3.64. The molecule has 1 saturated heterocycles. The molecule has 1 amide bonds. The molecule has 1 aliphatic rings. The van der Waals surface area contributed by atoms with Crippen LogP contribution in [0, 0.1) is 0 Å². The lowest BCUT2D eigenvalue weighted by Gasteiger charge is -2.10. The SMILES string of the molecule is CC/C=C(\C)C(=O)NCC1CCCO1. The molecule has 0 saturated carbocycles. The topological polar surface area (TPSA) is 38.3 Å². The van der Waals surface area contributed by atoms with E-state index in [4.69, 9.17) is 4.74 Å². The zero-order valence-electron chi connectivity index (χ0n) is 9.01. The van der Waals surface area contributed by atoms with Gasteiger partial charge in [0.15, 0.2) is 0 Å². The summed E-state index contributed by atoms with van der Waals surface area (Å²) in [4.78, 5) is 11.5. The highest BCUT2D eigenvalue weighted by atomic mass is 16.5. The minimum Gasteiger partial charge on any atom is -0.376 e. The van der Waals surface area contributed by atoms with Gasteiger partial charge in [-0.3, -0.25) is 4.79 Å². The van der Waals surface area contributed by atoms with Crippen LogP contribution in [0.25, 0.3) is 0 Å². The van der Waals surface area contributed by atoms with E-state index < -0.39 is 0 Å². The zero-order valence-corrected chi connectivity index (χ0v) is 9.01. The molecule has 1 atom stereocenters. The molecule has 80 valence electrons. The van der Waals surface area contributed by atoms with Crippen molar-refractivity contribution in [3.8, 4) is 0 Å². The van der Waals surface area contributed by atoms with Gasteiger partial charge in [-0.25, -0.2) is 0 Å². The smallest absolute Gasteiger partial charge is 0.246 e. The molecular formula is C11H19NO2. The third kappa shape index (κ3) is 3.50. The van der Waals surface area contributed by atoms with Crippen molar-refractivity contribution >= 4 is 5.91 Å². The molecule has 0 radical (unpaired) electrons. The minimum atomic E-state index is 0.0300. The van der Waals surface area contributed by atoms with Gasteiger partial charge in [-0.1, -0.05) is 13.0 Å². The summed E-state index contributed by atoms with van der Waals surface area (Å²) in [7, 11) is 0. The molecule has 1 fully saturated rings. The average molecular weight is 197 g/mol. The van der Waals surface area contributed by atoms with Crippen LogP contribution in [-0.4, -0.2) is 25.2 Å². The van der Waals surface area contributed by atoms with Gasteiger partial charge >= 0.3 is 0 Å². The molecule has 1 rings (SSSR count). The van der Waals surface area contributed by atoms with E-state index in [0.29, 0.717) is 6.54 Å². The van der Waals surface area contributed by atoms with Crippen LogP contribution in [0.5, 0.6) is 0 Å². The van der Waals surface area contributed by atoms with Crippen molar-refractivity contribution < 1.29 is 9.53 Å². The number of allylic oxidation sites excluding steroid dienone is 1. The molecular weight excluding hydrogens is 178 g/mol. The van der Waals surface area contributed by atoms with Crippen molar-refractivity contribution in [1.82, 2.24) is 5.32 Å². The van der Waals surface area contributed by atoms with Crippen LogP contribution in [0.4, 0.5) is 0 Å². The van der Waals surface area contributed by atoms with Crippen molar-refractivity contribution in [1.29, 1.82) is 0 Å². The minimum absolute atomic E-state index is 0.0300. The number of carbonyl (C=O) groups is 1. The Morgan fingerprint density at radius 1 is 1.64 bits per heavy atom. The first kappa shape index (κ1) is 11.2. The summed E-state index contributed by atoms with van der Waals surface area (Å²) in [5, 5.41) is 2.88. The number of nitrogens with one attached hydrogen (secondary N) is 1. The molecule has 3 heteroatoms. The van der Waals surface area contributed by atoms with Gasteiger partial charge < -0.3 is 10.1 Å². The molecule has 0 aromatic carbocycles. The average Bonchev–Trinajstić information content (AvgIpc) is 2.67. The Hall–Kier alpha value is -0.830. The van der Waals surface area contributed by atoms with E-state index in [1.807, 2.05) is 19.9 Å². The number of hydrogen-bond acceptors (Lipinski definition) is 2. The lowest BCUT2D eigenvalue weighted by molar-refractivity contribution is -0.117. The predicted molar refractivity (Wildman–Crippen MR) is 56.0 cm³/mol. The van der Waals surface area contributed by atoms with E-state index in [1.54, 1.807) is 0 Å². The van der Waals surface area contributed by atoms with Gasteiger partial charge in [0.05, 0.1) is 6.10 Å². The summed E-state index contributed by atoms with van der Waals surface area (Å²) >= 11 is 0. The largest absolute Gasteiger partial charge is 0.376 e. The Labute approximate surface area is 85.5 Å². The van der Waals surface area contributed by atoms with Crippen molar-refractivity contribution in [2.24, 2.45) is 0 Å². The van der Waals surface area contributed by atoms with Gasteiger partial charge in [0.2, 0.25) is 5.91 Å². The normalized spacial score (nSPS) is 22.4. The number of amides is 1. The van der Waals surface area contributed by atoms with Crippen molar-refractivity contribution in [2.75, 3.05) is 13.2 Å². The van der Waals surface area contributed by atoms with E-state index in [-0.39, 0.29) is 12.0 Å². The van der Waals surface area contributed by atoms with Crippen molar-refractivity contribution in [3.05, 3.63) is 11.6 Å². The third-order valence-electron chi connectivity index (χ3n) is 2.38. The standard InChI is InChI=1S/C11H19NO2/c1-3-5-9(2)11(13)12-8-10-6-4-7-14-10/h5,10H,3-4,6-8H2,1-2H3,(H,12,13)/b9-5+. The van der Waals surface area contributed by atoms with E-state index in [0.717, 1.165) is 31.4 Å². The van der Waals surface area contributed by atoms with E-state index >= 15 is 0 Å². The van der Waals surface area contributed by atoms with Crippen LogP contribution in [0.1, 0.15) is 33.1 Å². The third-order valence-corrected chi connectivity index (χ3v) is 2.38. The fraction of sp³-hybridized carbons (Fsp3) is 0.727. The summed E-state index contributed by atoms with van der Waals surface area (Å²) in [5.74, 6) is 0.0300. The number of rotatable bonds is 4. The Morgan fingerprint density at radius 2 is 2.43 bits per heavy atom. The van der Waals surface area contributed by atoms with Crippen LogP contribution in [0.3, 0.4) is 0 Å². The second kappa shape index (κ2) is 5.81. The highest BCUT2D eigenvalue weighted by Gasteiger charge is 2.16. The second-order valence-electron chi connectivity index (χ2n) is 3.64. The maximum atomic E-state index is 11.5. The molecule has 14 heavy (non-hydrogen) atoms. The highest BCUT2D eigenvalue weighted by Crippen LogP contribution is 2.10. The molecule has 3 nitrogen and oxygen atoms in total. The molecule has 1 aliphatic heterocycles. The first-order chi connectivity index (χ1) is 6.74. The lowest BCUT2D eigenvalue weighted by atomic mass is 10.2. The van der Waals surface area contributed by atoms with Crippen LogP contribution in [0.15, 0.2) is 11.6 Å². The van der Waals surface area contributed by atoms with Crippen molar-refractivity contribution in [2.45, 2.75) is 39.2 Å². The highest BCUT2D eigenvalue weighted by molar-refractivity contribution is 5.92. The lowest BCUT2D eigenvalue weighted by Crippen LogP contribution is -2.32. The summed E-state index contributed by atoms with van der Waals surface area (Å²) in [6.07, 6.45) is 5.25. The van der Waals surface area contributed by atoms with Gasteiger partial charge in [-0.15, -0.1) is 0 Å². The fourth-order valence-electron chi connectivity index (χ4n) is 1.55. The molecule has 1 N–H and O–H groups in total. The van der Waals surface area contributed by atoms with Gasteiger partial charge in [0, 0.05) is 18.7 Å². The Morgan fingerprint density at radius 3 is 3.00 bits per heavy atom. The Kier molecular flexibility index (Phi) is 4.66. The van der Waals surface area contributed by atoms with Gasteiger partial charge in [-0.2, -0.15) is 0 Å². The first-order valence-electron chi connectivity index (χ1n) is 5.30. The van der Waals surface area contributed by atoms with E-state index in [9.17, 15) is 4.79 Å². The molecule has 0 aromatic rings. The zero-order chi connectivity index (χ0) is 10.4. The summed E-state index contributed by atoms with van der Waals surface area (Å²) in [6.45, 7) is 5.35. The van der Waals surface area contributed by atoms with Crippen LogP contribution >= 0.6 is 0 Å². The van der Waals surface area contributed by atoms with Crippen LogP contribution in [0.2, 0.25) is 0 Å². The maximum absolute atomic E-state index is 11.5. The number of ether oxygens (including phenoxy) is 1. The van der Waals surface area contributed by atoms with Crippen LogP contribution in [-0.2, 0) is 9.53 Å². The first-order valence-corrected chi connectivity index (χ1v) is 5.30. The fourth-order valence-corrected chi connectivity index (χ4v) is 1.55.